The van der Waals surface area contributed by atoms with Crippen LogP contribution in [0, 0.1) is 0 Å². The number of aromatic carboxylic acids is 1. The number of carbonyl (C=O) groups excluding carboxylic acids is 1. The Balaban J connectivity index is 2.34. The second-order valence-corrected chi connectivity index (χ2v) is 7.30. The number of hydrogen-bond acceptors (Lipinski definition) is 4. The minimum absolute atomic E-state index is 0.195. The summed E-state index contributed by atoms with van der Waals surface area (Å²) >= 11 is 0. The Bertz CT molecular complexity index is 548. The molecule has 1 rings (SSSR count). The largest absolute Gasteiger partial charge is 0.478 e. The number of rotatable bonds is 6. The van der Waals surface area contributed by atoms with E-state index in [4.69, 9.17) is 9.84 Å². The number of ether oxygens (including phenoxy) is 1. The Morgan fingerprint density at radius 1 is 1.23 bits per heavy atom. The molecule has 0 aromatic heterocycles. The van der Waals surface area contributed by atoms with Gasteiger partial charge < -0.3 is 15.2 Å². The highest BCUT2D eigenvalue weighted by molar-refractivity contribution is 7.84. The molecule has 1 aromatic carbocycles. The zero-order chi connectivity index (χ0) is 16.8. The highest BCUT2D eigenvalue weighted by Crippen LogP contribution is 2.08. The van der Waals surface area contributed by atoms with Crippen LogP contribution in [0.2, 0.25) is 0 Å². The number of carbonyl (C=O) groups is 2. The van der Waals surface area contributed by atoms with Crippen molar-refractivity contribution < 1.29 is 23.6 Å². The lowest BCUT2D eigenvalue weighted by atomic mass is 10.1. The van der Waals surface area contributed by atoms with Gasteiger partial charge in [-0.15, -0.1) is 0 Å². The van der Waals surface area contributed by atoms with E-state index < -0.39 is 28.5 Å². The van der Waals surface area contributed by atoms with Crippen molar-refractivity contribution in [1.82, 2.24) is 5.32 Å². The molecule has 1 atom stereocenters. The SMILES string of the molecule is CC(C)(C)OC(=O)NCCS(=O)Cc1ccc(C(=O)O)cc1. The van der Waals surface area contributed by atoms with Gasteiger partial charge in [0.15, 0.2) is 0 Å². The van der Waals surface area contributed by atoms with E-state index >= 15 is 0 Å². The summed E-state index contributed by atoms with van der Waals surface area (Å²) in [5, 5.41) is 11.3. The molecule has 1 amide bonds. The quantitative estimate of drug-likeness (QED) is 0.835. The average molecular weight is 327 g/mol. The van der Waals surface area contributed by atoms with Crippen molar-refractivity contribution in [2.75, 3.05) is 12.3 Å². The predicted molar refractivity (Wildman–Crippen MR) is 84.4 cm³/mol. The van der Waals surface area contributed by atoms with Crippen LogP contribution in [0.4, 0.5) is 4.79 Å². The summed E-state index contributed by atoms with van der Waals surface area (Å²) in [7, 11) is -1.15. The minimum Gasteiger partial charge on any atom is -0.478 e. The van der Waals surface area contributed by atoms with Gasteiger partial charge in [0.25, 0.3) is 0 Å². The molecule has 0 saturated heterocycles. The van der Waals surface area contributed by atoms with Crippen molar-refractivity contribution in [3.05, 3.63) is 35.4 Å². The van der Waals surface area contributed by atoms with Gasteiger partial charge in [-0.05, 0) is 38.5 Å². The molecular weight excluding hydrogens is 306 g/mol. The molecule has 1 aromatic rings. The second-order valence-electron chi connectivity index (χ2n) is 5.72. The van der Waals surface area contributed by atoms with Gasteiger partial charge >= 0.3 is 12.1 Å². The molecule has 0 radical (unpaired) electrons. The first-order chi connectivity index (χ1) is 10.2. The Labute approximate surface area is 132 Å². The van der Waals surface area contributed by atoms with E-state index in [1.807, 2.05) is 0 Å². The zero-order valence-corrected chi connectivity index (χ0v) is 13.7. The summed E-state index contributed by atoms with van der Waals surface area (Å²) in [6.45, 7) is 5.57. The van der Waals surface area contributed by atoms with Gasteiger partial charge in [0.1, 0.15) is 5.60 Å². The molecule has 0 spiro atoms. The third kappa shape index (κ3) is 7.21. The number of hydrogen-bond donors (Lipinski definition) is 2. The fraction of sp³-hybridized carbons (Fsp3) is 0.467. The summed E-state index contributed by atoms with van der Waals surface area (Å²) in [6, 6.07) is 6.24. The van der Waals surface area contributed by atoms with Crippen LogP contribution in [0.25, 0.3) is 0 Å². The average Bonchev–Trinajstić information content (AvgIpc) is 2.37. The van der Waals surface area contributed by atoms with Crippen LogP contribution in [-0.2, 0) is 21.3 Å². The molecule has 0 aliphatic rings. The first-order valence-corrected chi connectivity index (χ1v) is 8.30. The van der Waals surface area contributed by atoms with E-state index in [0.717, 1.165) is 5.56 Å². The lowest BCUT2D eigenvalue weighted by Crippen LogP contribution is -2.34. The third-order valence-corrected chi connectivity index (χ3v) is 3.84. The van der Waals surface area contributed by atoms with E-state index in [0.29, 0.717) is 11.5 Å². The fourth-order valence-electron chi connectivity index (χ4n) is 1.58. The first-order valence-electron chi connectivity index (χ1n) is 6.81. The molecule has 7 heteroatoms. The van der Waals surface area contributed by atoms with Crippen molar-refractivity contribution in [3.63, 3.8) is 0 Å². The maximum atomic E-state index is 11.9. The third-order valence-electron chi connectivity index (χ3n) is 2.53. The Morgan fingerprint density at radius 3 is 2.32 bits per heavy atom. The van der Waals surface area contributed by atoms with Crippen LogP contribution in [0.15, 0.2) is 24.3 Å². The Kier molecular flexibility index (Phi) is 6.55. The lowest BCUT2D eigenvalue weighted by molar-refractivity contribution is 0.0530. The van der Waals surface area contributed by atoms with Gasteiger partial charge in [-0.3, -0.25) is 4.21 Å². The molecule has 122 valence electrons. The molecule has 0 fully saturated rings. The van der Waals surface area contributed by atoms with Crippen molar-refractivity contribution in [2.24, 2.45) is 0 Å². The molecule has 0 aliphatic heterocycles. The molecule has 0 bridgehead atoms. The standard InChI is InChI=1S/C15H21NO5S/c1-15(2,3)21-14(19)16-8-9-22(20)10-11-4-6-12(7-5-11)13(17)18/h4-7H,8-10H2,1-3H3,(H,16,19)(H,17,18). The molecule has 0 saturated carbocycles. The zero-order valence-electron chi connectivity index (χ0n) is 12.9. The molecular formula is C15H21NO5S. The molecule has 1 unspecified atom stereocenters. The number of carboxylic acids is 1. The van der Waals surface area contributed by atoms with E-state index in [9.17, 15) is 13.8 Å². The lowest BCUT2D eigenvalue weighted by Gasteiger charge is -2.19. The highest BCUT2D eigenvalue weighted by Gasteiger charge is 2.15. The van der Waals surface area contributed by atoms with Crippen LogP contribution < -0.4 is 5.32 Å². The van der Waals surface area contributed by atoms with Gasteiger partial charge in [0.2, 0.25) is 0 Å². The van der Waals surface area contributed by atoms with Crippen LogP contribution in [0.1, 0.15) is 36.7 Å². The van der Waals surface area contributed by atoms with Crippen LogP contribution >= 0.6 is 0 Å². The number of amides is 1. The van der Waals surface area contributed by atoms with Crippen LogP contribution in [0.3, 0.4) is 0 Å². The number of alkyl carbamates (subject to hydrolysis) is 1. The van der Waals surface area contributed by atoms with Crippen LogP contribution in [-0.4, -0.2) is 39.3 Å². The van der Waals surface area contributed by atoms with Gasteiger partial charge in [-0.1, -0.05) is 12.1 Å². The van der Waals surface area contributed by atoms with Gasteiger partial charge in [0.05, 0.1) is 5.56 Å². The monoisotopic (exact) mass is 327 g/mol. The summed E-state index contributed by atoms with van der Waals surface area (Å²) in [4.78, 5) is 22.1. The Hall–Kier alpha value is -1.89. The van der Waals surface area contributed by atoms with E-state index in [1.54, 1.807) is 32.9 Å². The number of nitrogens with one attached hydrogen (secondary N) is 1. The smallest absolute Gasteiger partial charge is 0.407 e. The highest BCUT2D eigenvalue weighted by atomic mass is 32.2. The number of carboxylic acid groups (broad SMARTS) is 1. The summed E-state index contributed by atoms with van der Waals surface area (Å²) < 4.78 is 17.0. The van der Waals surface area contributed by atoms with Crippen molar-refractivity contribution >= 4 is 22.9 Å². The van der Waals surface area contributed by atoms with Gasteiger partial charge in [-0.2, -0.15) is 0 Å². The summed E-state index contributed by atoms with van der Waals surface area (Å²) in [5.74, 6) is -0.371. The Morgan fingerprint density at radius 2 is 1.82 bits per heavy atom. The van der Waals surface area contributed by atoms with E-state index in [1.165, 1.54) is 12.1 Å². The molecule has 6 nitrogen and oxygen atoms in total. The van der Waals surface area contributed by atoms with Crippen molar-refractivity contribution in [2.45, 2.75) is 32.1 Å². The molecule has 0 heterocycles. The topological polar surface area (TPSA) is 92.7 Å². The molecule has 22 heavy (non-hydrogen) atoms. The normalized spacial score (nSPS) is 12.5. The number of benzene rings is 1. The fourth-order valence-corrected chi connectivity index (χ4v) is 2.62. The minimum atomic E-state index is -1.15. The van der Waals surface area contributed by atoms with Gasteiger partial charge in [-0.25, -0.2) is 9.59 Å². The van der Waals surface area contributed by atoms with E-state index in [2.05, 4.69) is 5.32 Å². The predicted octanol–water partition coefficient (Wildman–Crippen LogP) is 2.16. The maximum absolute atomic E-state index is 11.9. The van der Waals surface area contributed by atoms with Crippen LogP contribution in [0.5, 0.6) is 0 Å². The summed E-state index contributed by atoms with van der Waals surface area (Å²) in [5.41, 5.74) is 0.427. The van der Waals surface area contributed by atoms with Gasteiger partial charge in [0, 0.05) is 28.9 Å². The second kappa shape index (κ2) is 7.93. The first kappa shape index (κ1) is 18.2. The van der Waals surface area contributed by atoms with Crippen molar-refractivity contribution in [3.8, 4) is 0 Å². The maximum Gasteiger partial charge on any atom is 0.407 e. The van der Waals surface area contributed by atoms with Crippen molar-refractivity contribution in [1.29, 1.82) is 0 Å². The summed E-state index contributed by atoms with van der Waals surface area (Å²) in [6.07, 6.45) is -0.532. The van der Waals surface area contributed by atoms with E-state index in [-0.39, 0.29) is 12.1 Å². The molecule has 0 aliphatic carbocycles. The molecule has 2 N–H and O–H groups in total.